The van der Waals surface area contributed by atoms with E-state index < -0.39 is 17.8 Å². The Morgan fingerprint density at radius 1 is 1.33 bits per heavy atom. The number of aromatic amines is 1. The van der Waals surface area contributed by atoms with E-state index in [2.05, 4.69) is 15.1 Å². The lowest BCUT2D eigenvalue weighted by Crippen LogP contribution is -2.35. The number of amides is 1. The van der Waals surface area contributed by atoms with Gasteiger partial charge in [-0.25, -0.2) is 9.50 Å². The van der Waals surface area contributed by atoms with Gasteiger partial charge in [0.1, 0.15) is 6.04 Å². The molecule has 1 atom stereocenters. The van der Waals surface area contributed by atoms with Crippen LogP contribution in [0.2, 0.25) is 0 Å². The number of nitrogens with one attached hydrogen (secondary N) is 1. The van der Waals surface area contributed by atoms with E-state index in [4.69, 9.17) is 0 Å². The molecule has 1 aliphatic rings. The largest absolute Gasteiger partial charge is 0.417 e. The molecule has 124 valence electrons. The summed E-state index contributed by atoms with van der Waals surface area (Å²) in [5.41, 5.74) is 1.81. The Balaban J connectivity index is 1.83. The molecule has 4 heterocycles. The van der Waals surface area contributed by atoms with Crippen molar-refractivity contribution in [1.29, 1.82) is 0 Å². The van der Waals surface area contributed by atoms with Crippen LogP contribution in [0.25, 0.3) is 5.52 Å². The Morgan fingerprint density at radius 3 is 2.92 bits per heavy atom. The smallest absolute Gasteiger partial charge is 0.348 e. The van der Waals surface area contributed by atoms with Crippen LogP contribution in [0.5, 0.6) is 0 Å². The van der Waals surface area contributed by atoms with Gasteiger partial charge in [0.25, 0.3) is 0 Å². The number of pyridine rings is 1. The van der Waals surface area contributed by atoms with Crippen molar-refractivity contribution < 1.29 is 18.0 Å². The van der Waals surface area contributed by atoms with Gasteiger partial charge >= 0.3 is 6.18 Å². The van der Waals surface area contributed by atoms with Gasteiger partial charge in [0.05, 0.1) is 28.8 Å². The molecule has 1 amide bonds. The number of H-pyrrole nitrogens is 1. The van der Waals surface area contributed by atoms with Crippen molar-refractivity contribution in [2.75, 3.05) is 6.54 Å². The molecule has 0 bridgehead atoms. The van der Waals surface area contributed by atoms with Crippen molar-refractivity contribution in [1.82, 2.24) is 24.5 Å². The SMILES string of the molecule is O=CN1CCc2[nH]cnc2C1c1cc2ccc(C(F)(F)F)cn2n1. The van der Waals surface area contributed by atoms with Gasteiger partial charge in [0, 0.05) is 24.9 Å². The highest BCUT2D eigenvalue weighted by Crippen LogP contribution is 2.33. The predicted molar refractivity (Wildman–Crippen MR) is 77.1 cm³/mol. The first kappa shape index (κ1) is 14.7. The highest BCUT2D eigenvalue weighted by atomic mass is 19.4. The molecule has 0 aromatic carbocycles. The normalized spacial score (nSPS) is 18.0. The second-order valence-electron chi connectivity index (χ2n) is 5.62. The summed E-state index contributed by atoms with van der Waals surface area (Å²) in [4.78, 5) is 20.2. The molecule has 24 heavy (non-hydrogen) atoms. The van der Waals surface area contributed by atoms with Gasteiger partial charge in [-0.1, -0.05) is 0 Å². The summed E-state index contributed by atoms with van der Waals surface area (Å²) in [5.74, 6) is 0. The average Bonchev–Trinajstić information content (AvgIpc) is 3.18. The third-order valence-electron chi connectivity index (χ3n) is 4.18. The summed E-state index contributed by atoms with van der Waals surface area (Å²) in [6, 6.07) is 3.54. The number of rotatable bonds is 2. The Hall–Kier alpha value is -2.84. The molecule has 0 spiro atoms. The standard InChI is InChI=1S/C15H12F3N5O/c16-15(17,18)9-1-2-10-5-12(21-23(10)6-9)14-13-11(19-7-20-13)3-4-22(14)8-24/h1-2,5-8,14H,3-4H2,(H,19,20). The molecule has 0 aliphatic carbocycles. The Labute approximate surface area is 133 Å². The lowest BCUT2D eigenvalue weighted by molar-refractivity contribution is -0.137. The number of carbonyl (C=O) groups excluding carboxylic acids is 1. The Kier molecular flexibility index (Phi) is 3.12. The minimum absolute atomic E-state index is 0.481. The first-order chi connectivity index (χ1) is 11.5. The van der Waals surface area contributed by atoms with Crippen molar-refractivity contribution in [2.45, 2.75) is 18.6 Å². The lowest BCUT2D eigenvalue weighted by atomic mass is 10.0. The molecule has 6 nitrogen and oxygen atoms in total. The molecule has 0 fully saturated rings. The van der Waals surface area contributed by atoms with Crippen LogP contribution >= 0.6 is 0 Å². The van der Waals surface area contributed by atoms with Gasteiger partial charge in [-0.15, -0.1) is 0 Å². The van der Waals surface area contributed by atoms with E-state index in [9.17, 15) is 18.0 Å². The zero-order chi connectivity index (χ0) is 16.9. The topological polar surface area (TPSA) is 66.3 Å². The van der Waals surface area contributed by atoms with E-state index in [1.807, 2.05) is 0 Å². The molecule has 9 heteroatoms. The molecule has 0 radical (unpaired) electrons. The van der Waals surface area contributed by atoms with E-state index in [0.717, 1.165) is 18.0 Å². The number of nitrogens with zero attached hydrogens (tertiary/aromatic N) is 4. The highest BCUT2D eigenvalue weighted by Gasteiger charge is 2.33. The number of halogens is 3. The van der Waals surface area contributed by atoms with Gasteiger partial charge in [-0.3, -0.25) is 4.79 Å². The van der Waals surface area contributed by atoms with E-state index in [1.54, 1.807) is 17.3 Å². The third-order valence-corrected chi connectivity index (χ3v) is 4.18. The third kappa shape index (κ3) is 2.24. The predicted octanol–water partition coefficient (Wildman–Crippen LogP) is 2.18. The summed E-state index contributed by atoms with van der Waals surface area (Å²) in [7, 11) is 0. The quantitative estimate of drug-likeness (QED) is 0.730. The Morgan fingerprint density at radius 2 is 2.17 bits per heavy atom. The van der Waals surface area contributed by atoms with Gasteiger partial charge in [-0.2, -0.15) is 18.3 Å². The maximum absolute atomic E-state index is 12.8. The molecule has 3 aromatic rings. The second-order valence-corrected chi connectivity index (χ2v) is 5.62. The number of hydrogen-bond donors (Lipinski definition) is 1. The first-order valence-electron chi connectivity index (χ1n) is 7.27. The summed E-state index contributed by atoms with van der Waals surface area (Å²) in [5, 5.41) is 4.25. The lowest BCUT2D eigenvalue weighted by Gasteiger charge is -2.30. The first-order valence-corrected chi connectivity index (χ1v) is 7.27. The minimum Gasteiger partial charge on any atom is -0.348 e. The van der Waals surface area contributed by atoms with Crippen molar-refractivity contribution >= 4 is 11.9 Å². The monoisotopic (exact) mass is 335 g/mol. The van der Waals surface area contributed by atoms with Crippen LogP contribution < -0.4 is 0 Å². The van der Waals surface area contributed by atoms with Crippen molar-refractivity contribution in [2.24, 2.45) is 0 Å². The molecule has 1 aliphatic heterocycles. The van der Waals surface area contributed by atoms with Crippen LogP contribution in [0, 0.1) is 0 Å². The Bertz CT molecular complexity index is 913. The molecule has 1 unspecified atom stereocenters. The van der Waals surface area contributed by atoms with Gasteiger partial charge in [0.2, 0.25) is 6.41 Å². The van der Waals surface area contributed by atoms with Gasteiger partial charge in [0.15, 0.2) is 0 Å². The molecule has 1 N–H and O–H groups in total. The molecule has 4 rings (SSSR count). The molecule has 0 saturated heterocycles. The maximum atomic E-state index is 12.8. The number of imidazole rings is 1. The van der Waals surface area contributed by atoms with Crippen LogP contribution in [0.15, 0.2) is 30.7 Å². The number of hydrogen-bond acceptors (Lipinski definition) is 3. The summed E-state index contributed by atoms with van der Waals surface area (Å²) in [6.07, 6.45) is -0.583. The van der Waals surface area contributed by atoms with Crippen LogP contribution in [-0.4, -0.2) is 37.4 Å². The molecular formula is C15H12F3N5O. The second kappa shape index (κ2) is 5.08. The number of fused-ring (bicyclic) bond motifs is 2. The fourth-order valence-corrected chi connectivity index (χ4v) is 3.03. The summed E-state index contributed by atoms with van der Waals surface area (Å²) in [6.45, 7) is 0.491. The van der Waals surface area contributed by atoms with E-state index in [1.165, 1.54) is 10.6 Å². The van der Waals surface area contributed by atoms with Crippen molar-refractivity contribution in [3.8, 4) is 0 Å². The molecule has 3 aromatic heterocycles. The number of aromatic nitrogens is 4. The molecule has 0 saturated carbocycles. The summed E-state index contributed by atoms with van der Waals surface area (Å²) >= 11 is 0. The fourth-order valence-electron chi connectivity index (χ4n) is 3.03. The summed E-state index contributed by atoms with van der Waals surface area (Å²) < 4.78 is 39.7. The van der Waals surface area contributed by atoms with Gasteiger partial charge in [-0.05, 0) is 18.2 Å². The molecular weight excluding hydrogens is 323 g/mol. The van der Waals surface area contributed by atoms with Crippen LogP contribution in [0.4, 0.5) is 13.2 Å². The van der Waals surface area contributed by atoms with Crippen molar-refractivity contribution in [3.63, 3.8) is 0 Å². The average molecular weight is 335 g/mol. The minimum atomic E-state index is -4.44. The number of alkyl halides is 3. The van der Waals surface area contributed by atoms with Crippen LogP contribution in [0.3, 0.4) is 0 Å². The van der Waals surface area contributed by atoms with E-state index in [0.29, 0.717) is 36.3 Å². The van der Waals surface area contributed by atoms with Gasteiger partial charge < -0.3 is 9.88 Å². The van der Waals surface area contributed by atoms with E-state index in [-0.39, 0.29) is 0 Å². The fraction of sp³-hybridized carbons (Fsp3) is 0.267. The highest BCUT2D eigenvalue weighted by molar-refractivity contribution is 5.55. The van der Waals surface area contributed by atoms with Crippen LogP contribution in [-0.2, 0) is 17.4 Å². The zero-order valence-corrected chi connectivity index (χ0v) is 12.3. The maximum Gasteiger partial charge on any atom is 0.417 e. The zero-order valence-electron chi connectivity index (χ0n) is 12.3. The number of carbonyl (C=O) groups is 1. The van der Waals surface area contributed by atoms with E-state index >= 15 is 0 Å². The van der Waals surface area contributed by atoms with Crippen molar-refractivity contribution in [3.05, 3.63) is 53.4 Å². The van der Waals surface area contributed by atoms with Crippen LogP contribution in [0.1, 0.15) is 28.7 Å².